The van der Waals surface area contributed by atoms with Crippen LogP contribution in [0.1, 0.15) is 73.1 Å². The van der Waals surface area contributed by atoms with Crippen LogP contribution in [0.2, 0.25) is 0 Å². The van der Waals surface area contributed by atoms with Crippen LogP contribution in [0.15, 0.2) is 18.2 Å². The van der Waals surface area contributed by atoms with Gasteiger partial charge in [0.1, 0.15) is 12.4 Å². The van der Waals surface area contributed by atoms with Crippen molar-refractivity contribution in [3.63, 3.8) is 0 Å². The average molecular weight is 628 g/mol. The van der Waals surface area contributed by atoms with E-state index in [1.54, 1.807) is 0 Å². The number of aliphatic hydroxyl groups is 1. The summed E-state index contributed by atoms with van der Waals surface area (Å²) in [5.41, 5.74) is 5.22. The van der Waals surface area contributed by atoms with Gasteiger partial charge in [-0.25, -0.2) is 4.39 Å². The van der Waals surface area contributed by atoms with Crippen LogP contribution in [0.25, 0.3) is 0 Å². The highest BCUT2D eigenvalue weighted by molar-refractivity contribution is 5.59. The molecule has 3 N–H and O–H groups in total. The second-order valence-corrected chi connectivity index (χ2v) is 13.3. The van der Waals surface area contributed by atoms with Gasteiger partial charge in [-0.15, -0.1) is 5.92 Å². The minimum atomic E-state index is -4.90. The van der Waals surface area contributed by atoms with Crippen LogP contribution in [-0.2, 0) is 23.9 Å². The topological polar surface area (TPSA) is 97.0 Å². The standard InChI is InChI=1S/C33H37F4N5O3/c1-3-5-20-10-23(38)29(34)27(28(20)33(35,36)37)26-11-24-22(16-44-26)30(41-14-19-8-21(15-41)25(43)9-19)40-31(39-24)45-17-32-6-4-7-42(32)13-18(2)12-32/h10,19,21,25-26,43H,2,4,6-9,11-17,38H2,1H3/t19?,21?,25?,26?,32-/m0/s1. The number of alkyl halides is 3. The van der Waals surface area contributed by atoms with E-state index in [0.717, 1.165) is 56.8 Å². The maximum atomic E-state index is 15.5. The van der Waals surface area contributed by atoms with Gasteiger partial charge in [-0.3, -0.25) is 4.90 Å². The van der Waals surface area contributed by atoms with E-state index in [9.17, 15) is 18.3 Å². The number of piperidine rings is 1. The van der Waals surface area contributed by atoms with Crippen molar-refractivity contribution in [2.75, 3.05) is 43.4 Å². The van der Waals surface area contributed by atoms with Crippen LogP contribution in [0.4, 0.5) is 29.1 Å². The zero-order chi connectivity index (χ0) is 31.7. The van der Waals surface area contributed by atoms with Crippen molar-refractivity contribution in [2.45, 2.75) is 76.0 Å². The highest BCUT2D eigenvalue weighted by Crippen LogP contribution is 2.46. The Morgan fingerprint density at radius 3 is 2.84 bits per heavy atom. The predicted molar refractivity (Wildman–Crippen MR) is 159 cm³/mol. The lowest BCUT2D eigenvalue weighted by molar-refractivity contribution is -0.140. The zero-order valence-corrected chi connectivity index (χ0v) is 25.2. The third kappa shape index (κ3) is 5.32. The Morgan fingerprint density at radius 2 is 2.09 bits per heavy atom. The van der Waals surface area contributed by atoms with Crippen molar-refractivity contribution >= 4 is 11.5 Å². The molecule has 1 saturated carbocycles. The molecule has 5 aliphatic rings. The third-order valence-corrected chi connectivity index (χ3v) is 10.2. The van der Waals surface area contributed by atoms with Gasteiger partial charge >= 0.3 is 12.2 Å². The van der Waals surface area contributed by atoms with Gasteiger partial charge in [-0.05, 0) is 57.6 Å². The van der Waals surface area contributed by atoms with Gasteiger partial charge in [0.25, 0.3) is 0 Å². The molecule has 3 saturated heterocycles. The monoisotopic (exact) mass is 627 g/mol. The molecule has 240 valence electrons. The molecular formula is C33H37F4N5O3. The first kappa shape index (κ1) is 30.3. The Kier molecular flexibility index (Phi) is 7.49. The average Bonchev–Trinajstić information content (AvgIpc) is 3.60. The number of nitrogens with two attached hydrogens (primary N) is 1. The van der Waals surface area contributed by atoms with Crippen LogP contribution >= 0.6 is 0 Å². The molecule has 4 unspecified atom stereocenters. The summed E-state index contributed by atoms with van der Waals surface area (Å²) in [5.74, 6) is 4.73. The van der Waals surface area contributed by atoms with E-state index in [4.69, 9.17) is 25.2 Å². The maximum Gasteiger partial charge on any atom is 0.418 e. The lowest BCUT2D eigenvalue weighted by Crippen LogP contribution is -2.43. The molecule has 2 aromatic rings. The highest BCUT2D eigenvalue weighted by atomic mass is 19.4. The number of fused-ring (bicyclic) bond motifs is 4. The van der Waals surface area contributed by atoms with Crippen molar-refractivity contribution < 1.29 is 32.1 Å². The van der Waals surface area contributed by atoms with Gasteiger partial charge in [0.15, 0.2) is 5.82 Å². The van der Waals surface area contributed by atoms with Crippen LogP contribution in [0.5, 0.6) is 6.01 Å². The zero-order valence-electron chi connectivity index (χ0n) is 25.2. The van der Waals surface area contributed by atoms with E-state index in [1.807, 2.05) is 0 Å². The van der Waals surface area contributed by atoms with Gasteiger partial charge in [-0.2, -0.15) is 23.1 Å². The van der Waals surface area contributed by atoms with Gasteiger partial charge in [0.2, 0.25) is 0 Å². The molecule has 2 bridgehead atoms. The van der Waals surface area contributed by atoms with Gasteiger partial charge in [0, 0.05) is 48.7 Å². The summed E-state index contributed by atoms with van der Waals surface area (Å²) in [5, 5.41) is 10.6. The number of rotatable bonds is 5. The molecule has 0 radical (unpaired) electrons. The Bertz CT molecular complexity index is 1600. The van der Waals surface area contributed by atoms with E-state index in [0.29, 0.717) is 42.7 Å². The first-order chi connectivity index (χ1) is 21.5. The molecule has 0 spiro atoms. The largest absolute Gasteiger partial charge is 0.461 e. The number of halogens is 4. The third-order valence-electron chi connectivity index (χ3n) is 10.2. The number of hydrogen-bond acceptors (Lipinski definition) is 8. The summed E-state index contributed by atoms with van der Waals surface area (Å²) < 4.78 is 71.2. The van der Waals surface area contributed by atoms with Gasteiger partial charge in [-0.1, -0.05) is 18.1 Å². The number of aliphatic hydroxyl groups excluding tert-OH is 1. The SMILES string of the molecule is C=C1CN2CCC[C@@]2(COc2nc3c(c(N4CC5CC(O)C(C5)C4)n2)COC(c2c(F)c(N)cc(C#CC)c2C(F)(F)F)C3)C1. The van der Waals surface area contributed by atoms with E-state index >= 15 is 4.39 Å². The molecule has 0 amide bonds. The van der Waals surface area contributed by atoms with Gasteiger partial charge < -0.3 is 25.2 Å². The van der Waals surface area contributed by atoms with Gasteiger partial charge in [0.05, 0.1) is 41.3 Å². The number of ether oxygens (including phenoxy) is 2. The van der Waals surface area contributed by atoms with Crippen LogP contribution in [0, 0.1) is 29.5 Å². The fourth-order valence-electron chi connectivity index (χ4n) is 8.33. The number of nitrogen functional groups attached to an aromatic ring is 1. The Morgan fingerprint density at radius 1 is 1.27 bits per heavy atom. The van der Waals surface area contributed by atoms with E-state index in [-0.39, 0.29) is 36.6 Å². The Labute approximate surface area is 259 Å². The van der Waals surface area contributed by atoms with Crippen molar-refractivity contribution in [2.24, 2.45) is 11.8 Å². The summed E-state index contributed by atoms with van der Waals surface area (Å²) in [6, 6.07) is 1.05. The normalized spacial score (nSPS) is 29.4. The molecule has 1 aliphatic carbocycles. The molecule has 4 fully saturated rings. The van der Waals surface area contributed by atoms with Crippen molar-refractivity contribution in [1.29, 1.82) is 0 Å². The summed E-state index contributed by atoms with van der Waals surface area (Å²) in [4.78, 5) is 14.1. The first-order valence-corrected chi connectivity index (χ1v) is 15.6. The minimum absolute atomic E-state index is 0.0975. The Hall–Kier alpha value is -3.40. The quantitative estimate of drug-likeness (QED) is 0.212. The minimum Gasteiger partial charge on any atom is -0.461 e. The first-order valence-electron chi connectivity index (χ1n) is 15.6. The molecule has 1 aromatic carbocycles. The second kappa shape index (κ2) is 11.1. The molecule has 8 nitrogen and oxygen atoms in total. The van der Waals surface area contributed by atoms with Crippen LogP contribution < -0.4 is 15.4 Å². The predicted octanol–water partition coefficient (Wildman–Crippen LogP) is 4.78. The number of anilines is 2. The lowest BCUT2D eigenvalue weighted by Gasteiger charge is -2.36. The highest BCUT2D eigenvalue weighted by Gasteiger charge is 2.47. The fraction of sp³-hybridized carbons (Fsp3) is 0.576. The molecular weight excluding hydrogens is 590 g/mol. The molecule has 1 aromatic heterocycles. The molecule has 45 heavy (non-hydrogen) atoms. The van der Waals surface area contributed by atoms with E-state index in [1.165, 1.54) is 6.92 Å². The summed E-state index contributed by atoms with van der Waals surface area (Å²) in [6.07, 6.45) is -2.23. The van der Waals surface area contributed by atoms with Crippen molar-refractivity contribution in [1.82, 2.24) is 14.9 Å². The summed E-state index contributed by atoms with van der Waals surface area (Å²) in [7, 11) is 0. The smallest absolute Gasteiger partial charge is 0.418 e. The number of benzene rings is 1. The van der Waals surface area contributed by atoms with Crippen LogP contribution in [-0.4, -0.2) is 64.4 Å². The molecule has 4 aliphatic heterocycles. The summed E-state index contributed by atoms with van der Waals surface area (Å²) >= 11 is 0. The lowest BCUT2D eigenvalue weighted by atomic mass is 9.90. The molecule has 5 heterocycles. The fourth-order valence-corrected chi connectivity index (χ4v) is 8.33. The van der Waals surface area contributed by atoms with Crippen molar-refractivity contribution in [3.05, 3.63) is 52.0 Å². The molecule has 12 heteroatoms. The van der Waals surface area contributed by atoms with Crippen LogP contribution in [0.3, 0.4) is 0 Å². The molecule has 5 atom stereocenters. The number of nitrogens with zero attached hydrogens (tertiary/aromatic N) is 4. The van der Waals surface area contributed by atoms with E-state index in [2.05, 4.69) is 28.2 Å². The number of hydrogen-bond donors (Lipinski definition) is 2. The molecule has 7 rings (SSSR count). The van der Waals surface area contributed by atoms with E-state index < -0.39 is 40.5 Å². The number of aromatic nitrogens is 2. The summed E-state index contributed by atoms with van der Waals surface area (Å²) in [6.45, 7) is 8.89. The Balaban J connectivity index is 1.27. The maximum absolute atomic E-state index is 15.5. The van der Waals surface area contributed by atoms with Crippen molar-refractivity contribution in [3.8, 4) is 17.9 Å². The second-order valence-electron chi connectivity index (χ2n) is 13.3.